The van der Waals surface area contributed by atoms with Gasteiger partial charge in [-0.3, -0.25) is 9.59 Å². The van der Waals surface area contributed by atoms with Crippen LogP contribution in [0.5, 0.6) is 0 Å². The van der Waals surface area contributed by atoms with Crippen molar-refractivity contribution in [1.82, 2.24) is 10.2 Å². The number of carbonyl (C=O) groups is 2. The molecule has 164 valence electrons. The van der Waals surface area contributed by atoms with Crippen LogP contribution < -0.4 is 5.32 Å². The summed E-state index contributed by atoms with van der Waals surface area (Å²) < 4.78 is 10.6. The van der Waals surface area contributed by atoms with E-state index in [0.29, 0.717) is 31.0 Å². The van der Waals surface area contributed by atoms with E-state index in [-0.39, 0.29) is 17.9 Å². The van der Waals surface area contributed by atoms with Crippen LogP contribution in [0.25, 0.3) is 16.3 Å². The highest BCUT2D eigenvalue weighted by atomic mass is 16.5. The minimum absolute atomic E-state index is 0.0533. The van der Waals surface area contributed by atoms with E-state index in [1.165, 1.54) is 17.4 Å². The van der Waals surface area contributed by atoms with Crippen molar-refractivity contribution in [3.63, 3.8) is 0 Å². The SMILES string of the molecule is O=C(NC1CCN(C(=O)c2ccco2)CC1)c1ccc2c(C3=CCOCC3)cccc2c1. The first kappa shape index (κ1) is 20.5. The van der Waals surface area contributed by atoms with Crippen LogP contribution in [0.1, 0.15) is 45.7 Å². The fourth-order valence-corrected chi connectivity index (χ4v) is 4.53. The molecule has 3 aromatic rings. The summed E-state index contributed by atoms with van der Waals surface area (Å²) in [7, 11) is 0. The van der Waals surface area contributed by atoms with Gasteiger partial charge in [0.1, 0.15) is 0 Å². The molecule has 2 aliphatic heterocycles. The summed E-state index contributed by atoms with van der Waals surface area (Å²) in [6, 6.07) is 15.6. The lowest BCUT2D eigenvalue weighted by molar-refractivity contribution is 0.0667. The second kappa shape index (κ2) is 9.01. The van der Waals surface area contributed by atoms with E-state index in [9.17, 15) is 9.59 Å². The second-order valence-corrected chi connectivity index (χ2v) is 8.31. The Morgan fingerprint density at radius 2 is 1.91 bits per heavy atom. The third-order valence-corrected chi connectivity index (χ3v) is 6.30. The Bertz CT molecular complexity index is 1160. The lowest BCUT2D eigenvalue weighted by atomic mass is 9.94. The van der Waals surface area contributed by atoms with E-state index in [2.05, 4.69) is 17.5 Å². The predicted octanol–water partition coefficient (Wildman–Crippen LogP) is 4.27. The number of nitrogens with zero attached hydrogens (tertiary/aromatic N) is 1. The van der Waals surface area contributed by atoms with Crippen molar-refractivity contribution in [3.05, 3.63) is 77.8 Å². The molecule has 0 radical (unpaired) electrons. The Labute approximate surface area is 186 Å². The van der Waals surface area contributed by atoms with E-state index < -0.39 is 0 Å². The summed E-state index contributed by atoms with van der Waals surface area (Å²) in [5.74, 6) is 0.197. The Morgan fingerprint density at radius 3 is 2.66 bits per heavy atom. The van der Waals surface area contributed by atoms with Gasteiger partial charge < -0.3 is 19.4 Å². The van der Waals surface area contributed by atoms with Gasteiger partial charge in [-0.05, 0) is 65.4 Å². The summed E-state index contributed by atoms with van der Waals surface area (Å²) in [6.45, 7) is 2.60. The molecule has 1 saturated heterocycles. The van der Waals surface area contributed by atoms with E-state index in [1.54, 1.807) is 17.0 Å². The van der Waals surface area contributed by atoms with Crippen LogP contribution in [0.2, 0.25) is 0 Å². The minimum atomic E-state index is -0.0928. The molecular formula is C26H26N2O4. The number of ether oxygens (including phenoxy) is 1. The van der Waals surface area contributed by atoms with Gasteiger partial charge >= 0.3 is 0 Å². The lowest BCUT2D eigenvalue weighted by Gasteiger charge is -2.31. The Morgan fingerprint density at radius 1 is 1.03 bits per heavy atom. The fraction of sp³-hybridized carbons (Fsp3) is 0.308. The van der Waals surface area contributed by atoms with Crippen LogP contribution >= 0.6 is 0 Å². The molecular weight excluding hydrogens is 404 g/mol. The molecule has 6 nitrogen and oxygen atoms in total. The number of furan rings is 1. The van der Waals surface area contributed by atoms with E-state index in [4.69, 9.17) is 9.15 Å². The van der Waals surface area contributed by atoms with Crippen LogP contribution in [0.3, 0.4) is 0 Å². The first-order chi connectivity index (χ1) is 15.7. The molecule has 32 heavy (non-hydrogen) atoms. The molecule has 0 unspecified atom stereocenters. The molecule has 1 aromatic heterocycles. The van der Waals surface area contributed by atoms with Crippen LogP contribution in [-0.2, 0) is 4.74 Å². The van der Waals surface area contributed by atoms with Gasteiger partial charge in [0.25, 0.3) is 11.8 Å². The highest BCUT2D eigenvalue weighted by Crippen LogP contribution is 2.29. The molecule has 1 N–H and O–H groups in total. The number of fused-ring (bicyclic) bond motifs is 1. The van der Waals surface area contributed by atoms with Crippen molar-refractivity contribution in [2.75, 3.05) is 26.3 Å². The molecule has 1 fully saturated rings. The maximum absolute atomic E-state index is 12.9. The number of piperidine rings is 1. The summed E-state index contributed by atoms with van der Waals surface area (Å²) in [5.41, 5.74) is 3.17. The molecule has 0 atom stereocenters. The van der Waals surface area contributed by atoms with Crippen molar-refractivity contribution < 1.29 is 18.7 Å². The normalized spacial score (nSPS) is 17.2. The number of rotatable bonds is 4. The van der Waals surface area contributed by atoms with E-state index in [0.717, 1.165) is 36.6 Å². The summed E-state index contributed by atoms with van der Waals surface area (Å²) >= 11 is 0. The van der Waals surface area contributed by atoms with Gasteiger partial charge in [0.2, 0.25) is 0 Å². The summed E-state index contributed by atoms with van der Waals surface area (Å²) in [6.07, 6.45) is 6.01. The molecule has 5 rings (SSSR count). The van der Waals surface area contributed by atoms with Gasteiger partial charge in [-0.15, -0.1) is 0 Å². The summed E-state index contributed by atoms with van der Waals surface area (Å²) in [4.78, 5) is 27.1. The average molecular weight is 431 g/mol. The average Bonchev–Trinajstić information content (AvgIpc) is 3.39. The first-order valence-electron chi connectivity index (χ1n) is 11.1. The van der Waals surface area contributed by atoms with Crippen LogP contribution in [0, 0.1) is 0 Å². The van der Waals surface area contributed by atoms with Crippen LogP contribution in [0.4, 0.5) is 0 Å². The number of hydrogen-bond acceptors (Lipinski definition) is 4. The molecule has 0 aliphatic carbocycles. The van der Waals surface area contributed by atoms with Gasteiger partial charge in [-0.1, -0.05) is 30.3 Å². The highest BCUT2D eigenvalue weighted by Gasteiger charge is 2.26. The molecule has 0 spiro atoms. The lowest BCUT2D eigenvalue weighted by Crippen LogP contribution is -2.46. The Hall–Kier alpha value is -3.38. The second-order valence-electron chi connectivity index (χ2n) is 8.31. The zero-order valence-corrected chi connectivity index (χ0v) is 17.9. The predicted molar refractivity (Wildman–Crippen MR) is 122 cm³/mol. The standard InChI is InChI=1S/C26H26N2O4/c29-25(27-21-8-12-28(13-9-21)26(30)24-5-2-14-32-24)20-6-7-23-19(17-20)3-1-4-22(23)18-10-15-31-16-11-18/h1-7,10,14,17,21H,8-9,11-13,15-16H2,(H,27,29). The van der Waals surface area contributed by atoms with Crippen molar-refractivity contribution in [1.29, 1.82) is 0 Å². The van der Waals surface area contributed by atoms with E-state index in [1.807, 2.05) is 30.3 Å². The zero-order valence-electron chi connectivity index (χ0n) is 17.9. The maximum atomic E-state index is 12.9. The van der Waals surface area contributed by atoms with Crippen molar-refractivity contribution in [2.24, 2.45) is 0 Å². The Balaban J connectivity index is 1.24. The van der Waals surface area contributed by atoms with Crippen molar-refractivity contribution in [2.45, 2.75) is 25.3 Å². The molecule has 2 aliphatic rings. The minimum Gasteiger partial charge on any atom is -0.459 e. The molecule has 0 bridgehead atoms. The number of likely N-dealkylation sites (tertiary alicyclic amines) is 1. The molecule has 6 heteroatoms. The number of carbonyl (C=O) groups excluding carboxylic acids is 2. The van der Waals surface area contributed by atoms with Crippen molar-refractivity contribution in [3.8, 4) is 0 Å². The highest BCUT2D eigenvalue weighted by molar-refractivity contribution is 6.01. The number of nitrogens with one attached hydrogen (secondary N) is 1. The topological polar surface area (TPSA) is 71.8 Å². The van der Waals surface area contributed by atoms with Gasteiger partial charge in [0.15, 0.2) is 5.76 Å². The quantitative estimate of drug-likeness (QED) is 0.671. The fourth-order valence-electron chi connectivity index (χ4n) is 4.53. The smallest absolute Gasteiger partial charge is 0.289 e. The first-order valence-corrected chi connectivity index (χ1v) is 11.1. The molecule has 3 heterocycles. The van der Waals surface area contributed by atoms with Gasteiger partial charge in [0.05, 0.1) is 19.5 Å². The number of hydrogen-bond donors (Lipinski definition) is 1. The van der Waals surface area contributed by atoms with Crippen molar-refractivity contribution >= 4 is 28.2 Å². The monoisotopic (exact) mass is 430 g/mol. The third-order valence-electron chi connectivity index (χ3n) is 6.30. The molecule has 2 amide bonds. The molecule has 0 saturated carbocycles. The van der Waals surface area contributed by atoms with Crippen LogP contribution in [-0.4, -0.2) is 49.1 Å². The van der Waals surface area contributed by atoms with Gasteiger partial charge in [-0.25, -0.2) is 0 Å². The summed E-state index contributed by atoms with van der Waals surface area (Å²) in [5, 5.41) is 5.36. The zero-order chi connectivity index (χ0) is 21.9. The van der Waals surface area contributed by atoms with Crippen LogP contribution in [0.15, 0.2) is 65.3 Å². The van der Waals surface area contributed by atoms with Gasteiger partial charge in [0, 0.05) is 24.7 Å². The van der Waals surface area contributed by atoms with Gasteiger partial charge in [-0.2, -0.15) is 0 Å². The number of amides is 2. The van der Waals surface area contributed by atoms with E-state index >= 15 is 0 Å². The largest absolute Gasteiger partial charge is 0.459 e. The Kier molecular flexibility index (Phi) is 5.77. The maximum Gasteiger partial charge on any atom is 0.289 e. The molecule has 2 aromatic carbocycles. The third kappa shape index (κ3) is 4.18. The number of benzene rings is 2.